The lowest BCUT2D eigenvalue weighted by atomic mass is 10.0. The van der Waals surface area contributed by atoms with Crippen LogP contribution in [0.3, 0.4) is 0 Å². The Balaban J connectivity index is 2.22. The van der Waals surface area contributed by atoms with E-state index in [0.29, 0.717) is 5.89 Å². The smallest absolute Gasteiger partial charge is 0.226 e. The monoisotopic (exact) mass is 258 g/mol. The van der Waals surface area contributed by atoms with Gasteiger partial charge in [0.15, 0.2) is 0 Å². The van der Waals surface area contributed by atoms with Crippen molar-refractivity contribution in [3.8, 4) is 11.5 Å². The molecule has 3 nitrogen and oxygen atoms in total. The topological polar surface area (TPSA) is 38.1 Å². The van der Waals surface area contributed by atoms with Gasteiger partial charge in [0, 0.05) is 17.6 Å². The molecule has 1 aromatic carbocycles. The zero-order valence-corrected chi connectivity index (χ0v) is 12.4. The fraction of sp³-hybridized carbons (Fsp3) is 0.438. The van der Waals surface area contributed by atoms with Gasteiger partial charge in [-0.15, -0.1) is 0 Å². The second-order valence-corrected chi connectivity index (χ2v) is 6.01. The molecule has 0 amide bonds. The lowest BCUT2D eigenvalue weighted by Crippen LogP contribution is -2.35. The SMILES string of the molecule is Cc1cccc(C)c1-c1nc(CNC(C)(C)C)co1. The highest BCUT2D eigenvalue weighted by molar-refractivity contribution is 5.63. The Morgan fingerprint density at radius 2 is 1.79 bits per heavy atom. The average Bonchev–Trinajstić information content (AvgIpc) is 2.74. The maximum Gasteiger partial charge on any atom is 0.226 e. The molecular formula is C16H22N2O. The number of nitrogens with one attached hydrogen (secondary N) is 1. The number of rotatable bonds is 3. The molecule has 0 aliphatic carbocycles. The molecule has 0 spiro atoms. The average molecular weight is 258 g/mol. The number of hydrogen-bond donors (Lipinski definition) is 1. The van der Waals surface area contributed by atoms with Crippen molar-refractivity contribution in [2.45, 2.75) is 46.7 Å². The Kier molecular flexibility index (Phi) is 3.76. The van der Waals surface area contributed by atoms with Crippen molar-refractivity contribution in [2.24, 2.45) is 0 Å². The van der Waals surface area contributed by atoms with E-state index >= 15 is 0 Å². The van der Waals surface area contributed by atoms with Gasteiger partial charge in [-0.3, -0.25) is 0 Å². The fourth-order valence-corrected chi connectivity index (χ4v) is 2.01. The van der Waals surface area contributed by atoms with E-state index in [9.17, 15) is 0 Å². The molecule has 0 saturated carbocycles. The lowest BCUT2D eigenvalue weighted by Gasteiger charge is -2.19. The van der Waals surface area contributed by atoms with Crippen molar-refractivity contribution >= 4 is 0 Å². The second-order valence-electron chi connectivity index (χ2n) is 6.01. The summed E-state index contributed by atoms with van der Waals surface area (Å²) < 4.78 is 5.63. The van der Waals surface area contributed by atoms with Crippen molar-refractivity contribution in [3.63, 3.8) is 0 Å². The van der Waals surface area contributed by atoms with Gasteiger partial charge in [-0.25, -0.2) is 4.98 Å². The first-order valence-electron chi connectivity index (χ1n) is 6.63. The molecule has 2 rings (SSSR count). The predicted octanol–water partition coefficient (Wildman–Crippen LogP) is 3.85. The van der Waals surface area contributed by atoms with Gasteiger partial charge < -0.3 is 9.73 Å². The van der Waals surface area contributed by atoms with Crippen LogP contribution in [0.2, 0.25) is 0 Å². The van der Waals surface area contributed by atoms with Gasteiger partial charge >= 0.3 is 0 Å². The summed E-state index contributed by atoms with van der Waals surface area (Å²) in [5.74, 6) is 0.710. The van der Waals surface area contributed by atoms with E-state index < -0.39 is 0 Å². The molecule has 102 valence electrons. The normalized spacial score (nSPS) is 11.8. The standard InChI is InChI=1S/C16H22N2O/c1-11-7-6-8-12(2)14(11)15-18-13(10-19-15)9-17-16(3,4)5/h6-8,10,17H,9H2,1-5H3. The number of nitrogens with zero attached hydrogens (tertiary/aromatic N) is 1. The van der Waals surface area contributed by atoms with Crippen LogP contribution in [0, 0.1) is 13.8 Å². The summed E-state index contributed by atoms with van der Waals surface area (Å²) in [6.45, 7) is 11.3. The largest absolute Gasteiger partial charge is 0.444 e. The first kappa shape index (κ1) is 13.8. The highest BCUT2D eigenvalue weighted by atomic mass is 16.3. The fourth-order valence-electron chi connectivity index (χ4n) is 2.01. The summed E-state index contributed by atoms with van der Waals surface area (Å²) in [7, 11) is 0. The van der Waals surface area contributed by atoms with Crippen molar-refractivity contribution in [1.82, 2.24) is 10.3 Å². The summed E-state index contributed by atoms with van der Waals surface area (Å²) in [6.07, 6.45) is 1.74. The summed E-state index contributed by atoms with van der Waals surface area (Å²) in [5.41, 5.74) is 4.50. The Morgan fingerprint density at radius 1 is 1.16 bits per heavy atom. The van der Waals surface area contributed by atoms with E-state index in [1.54, 1.807) is 6.26 Å². The Morgan fingerprint density at radius 3 is 2.37 bits per heavy atom. The maximum absolute atomic E-state index is 5.63. The van der Waals surface area contributed by atoms with Crippen LogP contribution in [0.15, 0.2) is 28.9 Å². The van der Waals surface area contributed by atoms with Crippen molar-refractivity contribution in [1.29, 1.82) is 0 Å². The second kappa shape index (κ2) is 5.17. The lowest BCUT2D eigenvalue weighted by molar-refractivity contribution is 0.421. The van der Waals surface area contributed by atoms with Gasteiger partial charge in [0.1, 0.15) is 6.26 Å². The van der Waals surface area contributed by atoms with Crippen LogP contribution in [-0.4, -0.2) is 10.5 Å². The van der Waals surface area contributed by atoms with E-state index in [0.717, 1.165) is 17.8 Å². The minimum absolute atomic E-state index is 0.0810. The molecule has 0 saturated heterocycles. The van der Waals surface area contributed by atoms with E-state index in [-0.39, 0.29) is 5.54 Å². The number of oxazole rings is 1. The van der Waals surface area contributed by atoms with Gasteiger partial charge in [-0.1, -0.05) is 18.2 Å². The first-order chi connectivity index (χ1) is 8.87. The first-order valence-corrected chi connectivity index (χ1v) is 6.63. The van der Waals surface area contributed by atoms with Crippen LogP contribution in [-0.2, 0) is 6.54 Å². The summed E-state index contributed by atoms with van der Waals surface area (Å²) in [6, 6.07) is 6.22. The molecule has 0 fully saturated rings. The molecule has 0 aliphatic heterocycles. The number of aromatic nitrogens is 1. The third-order valence-corrected chi connectivity index (χ3v) is 3.05. The molecule has 0 radical (unpaired) electrons. The maximum atomic E-state index is 5.63. The van der Waals surface area contributed by atoms with E-state index in [1.165, 1.54) is 11.1 Å². The zero-order valence-electron chi connectivity index (χ0n) is 12.4. The molecule has 0 aliphatic rings. The molecule has 3 heteroatoms. The van der Waals surface area contributed by atoms with Crippen LogP contribution < -0.4 is 5.32 Å². The third kappa shape index (κ3) is 3.44. The van der Waals surface area contributed by atoms with Crippen LogP contribution in [0.25, 0.3) is 11.5 Å². The molecule has 0 bridgehead atoms. The molecular weight excluding hydrogens is 236 g/mol. The van der Waals surface area contributed by atoms with Crippen molar-refractivity contribution < 1.29 is 4.42 Å². The highest BCUT2D eigenvalue weighted by Crippen LogP contribution is 2.26. The van der Waals surface area contributed by atoms with Gasteiger partial charge in [0.25, 0.3) is 0 Å². The minimum atomic E-state index is 0.0810. The van der Waals surface area contributed by atoms with Gasteiger partial charge in [-0.05, 0) is 45.7 Å². The Bertz CT molecular complexity index is 544. The Hall–Kier alpha value is -1.61. The van der Waals surface area contributed by atoms with Crippen molar-refractivity contribution in [3.05, 3.63) is 41.3 Å². The van der Waals surface area contributed by atoms with Gasteiger partial charge in [-0.2, -0.15) is 0 Å². The molecule has 0 atom stereocenters. The van der Waals surface area contributed by atoms with Crippen LogP contribution in [0.4, 0.5) is 0 Å². The van der Waals surface area contributed by atoms with Gasteiger partial charge in [0.05, 0.1) is 5.69 Å². The molecule has 1 aromatic heterocycles. The van der Waals surface area contributed by atoms with Crippen molar-refractivity contribution in [2.75, 3.05) is 0 Å². The number of hydrogen-bond acceptors (Lipinski definition) is 3. The minimum Gasteiger partial charge on any atom is -0.444 e. The Labute approximate surface area is 115 Å². The number of aryl methyl sites for hydroxylation is 2. The highest BCUT2D eigenvalue weighted by Gasteiger charge is 2.14. The summed E-state index contributed by atoms with van der Waals surface area (Å²) in [4.78, 5) is 4.58. The molecule has 19 heavy (non-hydrogen) atoms. The summed E-state index contributed by atoms with van der Waals surface area (Å²) in [5, 5.41) is 3.41. The summed E-state index contributed by atoms with van der Waals surface area (Å²) >= 11 is 0. The van der Waals surface area contributed by atoms with Crippen LogP contribution >= 0.6 is 0 Å². The molecule has 1 heterocycles. The third-order valence-electron chi connectivity index (χ3n) is 3.05. The predicted molar refractivity (Wildman–Crippen MR) is 78.0 cm³/mol. The molecule has 1 N–H and O–H groups in total. The molecule has 0 unspecified atom stereocenters. The van der Waals surface area contributed by atoms with Gasteiger partial charge in [0.2, 0.25) is 5.89 Å². The van der Waals surface area contributed by atoms with E-state index in [4.69, 9.17) is 4.42 Å². The number of benzene rings is 1. The van der Waals surface area contributed by atoms with E-state index in [1.807, 2.05) is 0 Å². The molecule has 2 aromatic rings. The zero-order chi connectivity index (χ0) is 14.0. The quantitative estimate of drug-likeness (QED) is 0.908. The van der Waals surface area contributed by atoms with Crippen LogP contribution in [0.1, 0.15) is 37.6 Å². The van der Waals surface area contributed by atoms with Crippen LogP contribution in [0.5, 0.6) is 0 Å². The van der Waals surface area contributed by atoms with E-state index in [2.05, 4.69) is 63.1 Å².